The van der Waals surface area contributed by atoms with Crippen LogP contribution in [0.3, 0.4) is 0 Å². The largest absolute Gasteiger partial charge is 0.323 e. The summed E-state index contributed by atoms with van der Waals surface area (Å²) in [6.07, 6.45) is 0. The van der Waals surface area contributed by atoms with Crippen molar-refractivity contribution in [1.82, 2.24) is 4.90 Å². The highest BCUT2D eigenvalue weighted by Gasteiger charge is 2.22. The monoisotopic (exact) mass is 413 g/mol. The highest BCUT2D eigenvalue weighted by Crippen LogP contribution is 2.28. The molecule has 2 amide bonds. The number of anilines is 2. The molecule has 0 radical (unpaired) electrons. The van der Waals surface area contributed by atoms with Gasteiger partial charge in [0, 0.05) is 29.4 Å². The summed E-state index contributed by atoms with van der Waals surface area (Å²) in [5.74, 6) is -0.846. The summed E-state index contributed by atoms with van der Waals surface area (Å²) in [4.78, 5) is 12.6. The fourth-order valence-corrected chi connectivity index (χ4v) is 3.79. The number of hydrogen-bond acceptors (Lipinski definition) is 3. The fraction of sp³-hybridized carbons (Fsp3) is 0.133. The number of nitrogens with zero attached hydrogens (tertiary/aromatic N) is 1. The number of fused-ring (bicyclic) bond motifs is 1. The predicted molar refractivity (Wildman–Crippen MR) is 91.8 cm³/mol. The van der Waals surface area contributed by atoms with Crippen molar-refractivity contribution < 1.29 is 17.6 Å². The highest BCUT2D eigenvalue weighted by atomic mass is 79.9. The number of urea groups is 1. The Kier molecular flexibility index (Phi) is 4.22. The first kappa shape index (κ1) is 16.7. The van der Waals surface area contributed by atoms with E-state index < -0.39 is 20.7 Å². The molecule has 0 saturated carbocycles. The molecule has 9 heteroatoms. The van der Waals surface area contributed by atoms with Gasteiger partial charge in [-0.1, -0.05) is 15.9 Å². The van der Waals surface area contributed by atoms with Crippen molar-refractivity contribution in [3.63, 3.8) is 0 Å². The summed E-state index contributed by atoms with van der Waals surface area (Å²) in [6, 6.07) is 8.23. The maximum absolute atomic E-state index is 13.9. The third kappa shape index (κ3) is 3.22. The lowest BCUT2D eigenvalue weighted by Crippen LogP contribution is -2.35. The first-order valence-electron chi connectivity index (χ1n) is 6.89. The summed E-state index contributed by atoms with van der Waals surface area (Å²) in [5.41, 5.74) is 1.67. The zero-order chi connectivity index (χ0) is 17.5. The van der Waals surface area contributed by atoms with Gasteiger partial charge in [0.05, 0.1) is 0 Å². The Morgan fingerprint density at radius 3 is 2.71 bits per heavy atom. The molecular formula is C15H13BrFN3O3S. The van der Waals surface area contributed by atoms with Crippen molar-refractivity contribution in [2.45, 2.75) is 11.4 Å². The SMILES string of the molecule is CN1Cc2cc(NS(=O)(=O)c3ccc(Br)cc3F)ccc2NC1=O. The molecular weight excluding hydrogens is 401 g/mol. The molecule has 2 aromatic rings. The van der Waals surface area contributed by atoms with Crippen LogP contribution in [0.5, 0.6) is 0 Å². The minimum absolute atomic E-state index is 0.229. The number of benzene rings is 2. The molecule has 0 aliphatic carbocycles. The lowest BCUT2D eigenvalue weighted by atomic mass is 10.1. The Balaban J connectivity index is 1.91. The van der Waals surface area contributed by atoms with E-state index in [1.54, 1.807) is 19.2 Å². The van der Waals surface area contributed by atoms with Crippen molar-refractivity contribution in [2.24, 2.45) is 0 Å². The molecule has 1 heterocycles. The maximum atomic E-state index is 13.9. The molecule has 0 aromatic heterocycles. The molecule has 0 saturated heterocycles. The summed E-state index contributed by atoms with van der Waals surface area (Å²) in [7, 11) is -2.43. The predicted octanol–water partition coefficient (Wildman–Crippen LogP) is 3.37. The number of hydrogen-bond donors (Lipinski definition) is 2. The van der Waals surface area contributed by atoms with Crippen LogP contribution in [-0.2, 0) is 16.6 Å². The smallest absolute Gasteiger partial charge is 0.321 e. The molecule has 0 spiro atoms. The molecule has 6 nitrogen and oxygen atoms in total. The highest BCUT2D eigenvalue weighted by molar-refractivity contribution is 9.10. The van der Waals surface area contributed by atoms with Crippen molar-refractivity contribution in [3.05, 3.63) is 52.3 Å². The lowest BCUT2D eigenvalue weighted by Gasteiger charge is -2.26. The Morgan fingerprint density at radius 1 is 1.25 bits per heavy atom. The molecule has 2 N–H and O–H groups in total. The van der Waals surface area contributed by atoms with Gasteiger partial charge >= 0.3 is 6.03 Å². The van der Waals surface area contributed by atoms with E-state index in [4.69, 9.17) is 0 Å². The van der Waals surface area contributed by atoms with E-state index in [9.17, 15) is 17.6 Å². The molecule has 0 fully saturated rings. The van der Waals surface area contributed by atoms with Gasteiger partial charge in [-0.15, -0.1) is 0 Å². The molecule has 3 rings (SSSR count). The summed E-state index contributed by atoms with van der Waals surface area (Å²) in [5, 5.41) is 2.69. The zero-order valence-electron chi connectivity index (χ0n) is 12.5. The molecule has 1 aliphatic heterocycles. The van der Waals surface area contributed by atoms with Crippen LogP contribution in [0.4, 0.5) is 20.6 Å². The minimum Gasteiger partial charge on any atom is -0.323 e. The van der Waals surface area contributed by atoms with Crippen LogP contribution >= 0.6 is 15.9 Å². The Hall–Kier alpha value is -2.13. The second kappa shape index (κ2) is 6.06. The Morgan fingerprint density at radius 2 is 2.00 bits per heavy atom. The van der Waals surface area contributed by atoms with Gasteiger partial charge in [-0.25, -0.2) is 17.6 Å². The first-order valence-corrected chi connectivity index (χ1v) is 9.17. The average molecular weight is 414 g/mol. The summed E-state index contributed by atoms with van der Waals surface area (Å²) < 4.78 is 41.5. The zero-order valence-corrected chi connectivity index (χ0v) is 14.9. The van der Waals surface area contributed by atoms with E-state index in [2.05, 4.69) is 26.0 Å². The van der Waals surface area contributed by atoms with Crippen LogP contribution in [0.1, 0.15) is 5.56 Å². The van der Waals surface area contributed by atoms with Crippen LogP contribution in [0.2, 0.25) is 0 Å². The summed E-state index contributed by atoms with van der Waals surface area (Å²) >= 11 is 3.09. The van der Waals surface area contributed by atoms with E-state index in [0.717, 1.165) is 11.6 Å². The average Bonchev–Trinajstić information content (AvgIpc) is 2.48. The molecule has 0 bridgehead atoms. The molecule has 126 valence electrons. The van der Waals surface area contributed by atoms with Crippen LogP contribution in [0, 0.1) is 5.82 Å². The standard InChI is InChI=1S/C15H13BrFN3O3S/c1-20-8-9-6-11(3-4-13(9)18-15(20)21)19-24(22,23)14-5-2-10(16)7-12(14)17/h2-7,19H,8H2,1H3,(H,18,21). The number of amides is 2. The third-order valence-corrected chi connectivity index (χ3v) is 5.44. The van der Waals surface area contributed by atoms with Gasteiger partial charge in [0.1, 0.15) is 10.7 Å². The van der Waals surface area contributed by atoms with E-state index in [-0.39, 0.29) is 6.03 Å². The molecule has 0 atom stereocenters. The number of sulfonamides is 1. The minimum atomic E-state index is -4.06. The normalized spacial score (nSPS) is 14.1. The Bertz CT molecular complexity index is 934. The van der Waals surface area contributed by atoms with Gasteiger partial charge in [-0.3, -0.25) is 4.72 Å². The van der Waals surface area contributed by atoms with E-state index in [1.165, 1.54) is 23.1 Å². The van der Waals surface area contributed by atoms with Crippen LogP contribution in [-0.4, -0.2) is 26.4 Å². The van der Waals surface area contributed by atoms with Crippen molar-refractivity contribution in [1.29, 1.82) is 0 Å². The topological polar surface area (TPSA) is 78.5 Å². The quantitative estimate of drug-likeness (QED) is 0.809. The number of rotatable bonds is 3. The number of carbonyl (C=O) groups is 1. The molecule has 2 aromatic carbocycles. The summed E-state index contributed by atoms with van der Waals surface area (Å²) in [6.45, 7) is 0.351. The van der Waals surface area contributed by atoms with Crippen LogP contribution in [0.25, 0.3) is 0 Å². The van der Waals surface area contributed by atoms with Gasteiger partial charge in [0.25, 0.3) is 10.0 Å². The number of carbonyl (C=O) groups excluding carboxylic acids is 1. The molecule has 24 heavy (non-hydrogen) atoms. The van der Waals surface area contributed by atoms with E-state index in [0.29, 0.717) is 22.4 Å². The van der Waals surface area contributed by atoms with E-state index in [1.807, 2.05) is 0 Å². The first-order chi connectivity index (χ1) is 11.3. The lowest BCUT2D eigenvalue weighted by molar-refractivity contribution is 0.218. The molecule has 0 unspecified atom stereocenters. The van der Waals surface area contributed by atoms with Crippen LogP contribution < -0.4 is 10.0 Å². The van der Waals surface area contributed by atoms with Crippen LogP contribution in [0.15, 0.2) is 45.8 Å². The van der Waals surface area contributed by atoms with E-state index >= 15 is 0 Å². The van der Waals surface area contributed by atoms with Gasteiger partial charge in [-0.05, 0) is 42.0 Å². The van der Waals surface area contributed by atoms with Crippen molar-refractivity contribution in [2.75, 3.05) is 17.1 Å². The van der Waals surface area contributed by atoms with Gasteiger partial charge in [-0.2, -0.15) is 0 Å². The maximum Gasteiger partial charge on any atom is 0.321 e. The number of halogens is 2. The third-order valence-electron chi connectivity index (χ3n) is 3.54. The van der Waals surface area contributed by atoms with Crippen molar-refractivity contribution in [3.8, 4) is 0 Å². The van der Waals surface area contributed by atoms with Gasteiger partial charge in [0.2, 0.25) is 0 Å². The van der Waals surface area contributed by atoms with Crippen molar-refractivity contribution >= 4 is 43.4 Å². The Labute approximate surface area is 146 Å². The molecule has 1 aliphatic rings. The number of nitrogens with one attached hydrogen (secondary N) is 2. The fourth-order valence-electron chi connectivity index (χ4n) is 2.35. The second-order valence-corrected chi connectivity index (χ2v) is 7.90. The van der Waals surface area contributed by atoms with Gasteiger partial charge in [0.15, 0.2) is 0 Å². The van der Waals surface area contributed by atoms with Gasteiger partial charge < -0.3 is 10.2 Å². The second-order valence-electron chi connectivity index (χ2n) is 5.34.